The summed E-state index contributed by atoms with van der Waals surface area (Å²) in [4.78, 5) is 5.40. The number of aliphatic imine (C=N–C) groups is 1. The first-order chi connectivity index (χ1) is 13.5. The van der Waals surface area contributed by atoms with Crippen LogP contribution in [0.5, 0.6) is 11.5 Å². The summed E-state index contributed by atoms with van der Waals surface area (Å²) in [7, 11) is 1.66. The Kier molecular flexibility index (Phi) is 6.68. The lowest BCUT2D eigenvalue weighted by atomic mass is 10.1. The molecule has 3 rings (SSSR count). The van der Waals surface area contributed by atoms with E-state index in [4.69, 9.17) is 14.7 Å². The van der Waals surface area contributed by atoms with E-state index >= 15 is 0 Å². The fourth-order valence-electron chi connectivity index (χ4n) is 3.27. The number of halogens is 1. The monoisotopic (exact) mass is 400 g/mol. The summed E-state index contributed by atoms with van der Waals surface area (Å²) in [6.45, 7) is 1.28. The number of nitriles is 1. The van der Waals surface area contributed by atoms with Crippen molar-refractivity contribution in [1.29, 1.82) is 5.26 Å². The van der Waals surface area contributed by atoms with Crippen LogP contribution in [0.2, 0.25) is 0 Å². The Bertz CT molecular complexity index is 938. The maximum Gasteiger partial charge on any atom is 0.162 e. The molecule has 7 heteroatoms. The molecule has 0 N–H and O–H groups in total. The zero-order chi connectivity index (χ0) is 20.1. The number of fused-ring (bicyclic) bond motifs is 1. The third-order valence-corrected chi connectivity index (χ3v) is 5.44. The van der Waals surface area contributed by atoms with Crippen LogP contribution in [0.4, 0.5) is 4.39 Å². The van der Waals surface area contributed by atoms with Gasteiger partial charge in [-0.15, -0.1) is 0 Å². The van der Waals surface area contributed by atoms with Crippen molar-refractivity contribution in [3.63, 3.8) is 0 Å². The van der Waals surface area contributed by atoms with Crippen LogP contribution in [0.1, 0.15) is 29.5 Å². The van der Waals surface area contributed by atoms with Crippen LogP contribution in [-0.4, -0.2) is 36.8 Å². The second kappa shape index (κ2) is 9.20. The van der Waals surface area contributed by atoms with Crippen molar-refractivity contribution in [2.45, 2.75) is 24.2 Å². The van der Waals surface area contributed by atoms with Crippen molar-refractivity contribution >= 4 is 16.9 Å². The lowest BCUT2D eigenvalue weighted by Gasteiger charge is -2.14. The van der Waals surface area contributed by atoms with Crippen LogP contribution in [0.25, 0.3) is 0 Å². The predicted octanol–water partition coefficient (Wildman–Crippen LogP) is 4.00. The summed E-state index contributed by atoms with van der Waals surface area (Å²) in [5.74, 6) is 0.299. The van der Waals surface area contributed by atoms with E-state index in [1.54, 1.807) is 25.5 Å². The molecule has 1 aliphatic carbocycles. The predicted molar refractivity (Wildman–Crippen MR) is 106 cm³/mol. The Morgan fingerprint density at radius 1 is 1.29 bits per heavy atom. The highest BCUT2D eigenvalue weighted by Gasteiger charge is 2.29. The summed E-state index contributed by atoms with van der Waals surface area (Å²) < 4.78 is 36.9. The molecule has 0 heterocycles. The van der Waals surface area contributed by atoms with Gasteiger partial charge in [-0.1, -0.05) is 0 Å². The Labute approximate surface area is 167 Å². The van der Waals surface area contributed by atoms with E-state index in [2.05, 4.69) is 4.99 Å². The molecule has 0 amide bonds. The van der Waals surface area contributed by atoms with Crippen molar-refractivity contribution in [3.05, 3.63) is 52.8 Å². The molecule has 0 saturated heterocycles. The summed E-state index contributed by atoms with van der Waals surface area (Å²) in [6, 6.07) is 9.34. The van der Waals surface area contributed by atoms with Gasteiger partial charge in [-0.3, -0.25) is 4.99 Å². The van der Waals surface area contributed by atoms with Gasteiger partial charge in [0, 0.05) is 37.6 Å². The molecule has 2 aromatic rings. The Balaban J connectivity index is 1.96. The van der Waals surface area contributed by atoms with E-state index in [1.165, 1.54) is 12.1 Å². The summed E-state index contributed by atoms with van der Waals surface area (Å²) >= 11 is -1.17. The van der Waals surface area contributed by atoms with Crippen LogP contribution < -0.4 is 4.74 Å². The normalized spacial score (nSPS) is 15.3. The molecule has 0 spiro atoms. The Morgan fingerprint density at radius 3 is 2.82 bits per heavy atom. The van der Waals surface area contributed by atoms with Crippen molar-refractivity contribution in [2.75, 3.05) is 26.5 Å². The van der Waals surface area contributed by atoms with Crippen LogP contribution in [-0.2, 0) is 22.3 Å². The maximum absolute atomic E-state index is 13.7. The molecule has 28 heavy (non-hydrogen) atoms. The van der Waals surface area contributed by atoms with Gasteiger partial charge in [0.1, 0.15) is 23.6 Å². The van der Waals surface area contributed by atoms with Crippen molar-refractivity contribution in [1.82, 2.24) is 0 Å². The molecule has 0 saturated carbocycles. The van der Waals surface area contributed by atoms with Gasteiger partial charge in [-0.25, -0.2) is 4.39 Å². The fraction of sp³-hybridized carbons (Fsp3) is 0.333. The molecular weight excluding hydrogens is 379 g/mol. The van der Waals surface area contributed by atoms with Gasteiger partial charge in [-0.2, -0.15) is 5.26 Å². The highest BCUT2D eigenvalue weighted by Crippen LogP contribution is 2.38. The molecule has 1 atom stereocenters. The van der Waals surface area contributed by atoms with Crippen LogP contribution >= 0.6 is 0 Å². The number of benzene rings is 2. The minimum atomic E-state index is -1.17. The number of methoxy groups -OCH3 is 1. The minimum absolute atomic E-state index is 0.193. The summed E-state index contributed by atoms with van der Waals surface area (Å²) in [5.41, 5.74) is 2.89. The first-order valence-electron chi connectivity index (χ1n) is 8.94. The lowest BCUT2D eigenvalue weighted by molar-refractivity contribution is 0.197. The van der Waals surface area contributed by atoms with Crippen LogP contribution in [0, 0.1) is 17.1 Å². The van der Waals surface area contributed by atoms with Gasteiger partial charge in [0.05, 0.1) is 17.2 Å². The molecule has 0 aliphatic heterocycles. The standard InChI is InChI=1S/C21H21FN2O3S/c1-26-9-3-8-24-18-5-4-17-19(6-7-20(21(17)18)28(2)25)27-16-11-14(13-23)10-15(22)12-16/h6-7,10-12H,3-5,8-9H2,1-2H3/b24-18-. The van der Waals surface area contributed by atoms with Gasteiger partial charge in [-0.05, 0) is 54.7 Å². The van der Waals surface area contributed by atoms with Gasteiger partial charge in [0.25, 0.3) is 0 Å². The molecule has 1 unspecified atom stereocenters. The lowest BCUT2D eigenvalue weighted by Crippen LogP contribution is -2.08. The average molecular weight is 400 g/mol. The molecule has 0 radical (unpaired) electrons. The van der Waals surface area contributed by atoms with Crippen molar-refractivity contribution < 1.29 is 18.4 Å². The number of rotatable bonds is 7. The topological polar surface area (TPSA) is 77.7 Å². The SMILES string of the molecule is COCCC/N=C1/CCc2c(Oc3cc(F)cc(C#N)c3)ccc([S+](C)[O-])c21. The largest absolute Gasteiger partial charge is 0.612 e. The number of ether oxygens (including phenoxy) is 2. The highest BCUT2D eigenvalue weighted by molar-refractivity contribution is 7.90. The molecule has 5 nitrogen and oxygen atoms in total. The van der Waals surface area contributed by atoms with Crippen molar-refractivity contribution in [3.8, 4) is 17.6 Å². The molecular formula is C21H21FN2O3S. The molecule has 146 valence electrons. The molecule has 0 bridgehead atoms. The third-order valence-electron chi connectivity index (χ3n) is 4.48. The zero-order valence-electron chi connectivity index (χ0n) is 15.8. The number of hydrogen-bond acceptors (Lipinski definition) is 5. The molecule has 0 fully saturated rings. The smallest absolute Gasteiger partial charge is 0.162 e. The first-order valence-corrected chi connectivity index (χ1v) is 10.5. The Hall–Kier alpha value is -2.40. The average Bonchev–Trinajstić information content (AvgIpc) is 3.09. The van der Waals surface area contributed by atoms with Crippen LogP contribution in [0.15, 0.2) is 40.2 Å². The van der Waals surface area contributed by atoms with Gasteiger partial charge in [0.15, 0.2) is 4.90 Å². The van der Waals surface area contributed by atoms with Gasteiger partial charge >= 0.3 is 0 Å². The zero-order valence-corrected chi connectivity index (χ0v) is 16.6. The van der Waals surface area contributed by atoms with E-state index in [9.17, 15) is 8.94 Å². The summed E-state index contributed by atoms with van der Waals surface area (Å²) in [6.07, 6.45) is 3.90. The highest BCUT2D eigenvalue weighted by atomic mass is 32.2. The van der Waals surface area contributed by atoms with Crippen molar-refractivity contribution in [2.24, 2.45) is 4.99 Å². The second-order valence-electron chi connectivity index (χ2n) is 6.43. The van der Waals surface area contributed by atoms with Gasteiger partial charge < -0.3 is 14.0 Å². The first kappa shape index (κ1) is 20.3. The third kappa shape index (κ3) is 4.53. The van der Waals surface area contributed by atoms with E-state index in [0.29, 0.717) is 25.3 Å². The quantitative estimate of drug-likeness (QED) is 0.520. The number of hydrogen-bond donors (Lipinski definition) is 0. The molecule has 0 aromatic heterocycles. The molecule has 2 aromatic carbocycles. The second-order valence-corrected chi connectivity index (χ2v) is 7.78. The fourth-order valence-corrected chi connectivity index (χ4v) is 4.06. The number of nitrogens with zero attached hydrogens (tertiary/aromatic N) is 2. The van der Waals surface area contributed by atoms with Crippen LogP contribution in [0.3, 0.4) is 0 Å². The minimum Gasteiger partial charge on any atom is -0.612 e. The molecule has 1 aliphatic rings. The van der Waals surface area contributed by atoms with E-state index < -0.39 is 17.0 Å². The van der Waals surface area contributed by atoms with E-state index in [-0.39, 0.29) is 11.3 Å². The summed E-state index contributed by atoms with van der Waals surface area (Å²) in [5, 5.41) is 9.03. The van der Waals surface area contributed by atoms with Gasteiger partial charge in [0.2, 0.25) is 0 Å². The van der Waals surface area contributed by atoms with E-state index in [0.717, 1.165) is 40.6 Å². The Morgan fingerprint density at radius 2 is 2.11 bits per heavy atom. The van der Waals surface area contributed by atoms with E-state index in [1.807, 2.05) is 6.07 Å². The maximum atomic E-state index is 13.7.